The lowest BCUT2D eigenvalue weighted by atomic mass is 10.1. The van der Waals surface area contributed by atoms with Gasteiger partial charge < -0.3 is 8.85 Å². The van der Waals surface area contributed by atoms with Crippen LogP contribution in [0.1, 0.15) is 40.5 Å². The topological polar surface area (TPSA) is 18.5 Å². The van der Waals surface area contributed by atoms with Gasteiger partial charge in [-0.3, -0.25) is 0 Å². The summed E-state index contributed by atoms with van der Waals surface area (Å²) in [5.41, 5.74) is 1.44. The largest absolute Gasteiger partial charge is 0.547 e. The maximum Gasteiger partial charge on any atom is 0.241 e. The van der Waals surface area contributed by atoms with E-state index in [2.05, 4.69) is 60.4 Å². The van der Waals surface area contributed by atoms with Gasteiger partial charge in [0.05, 0.1) is 5.76 Å². The Bertz CT molecular complexity index is 373. The molecule has 1 rings (SSSR count). The molecular formula is C16H34O2Si2. The normalized spacial score (nSPS) is 21.6. The summed E-state index contributed by atoms with van der Waals surface area (Å²) in [6.45, 7) is 21.5. The second-order valence-corrected chi connectivity index (χ2v) is 17.9. The molecule has 0 saturated carbocycles. The molecule has 0 aromatic rings. The van der Waals surface area contributed by atoms with E-state index >= 15 is 0 Å². The van der Waals surface area contributed by atoms with E-state index in [0.29, 0.717) is 11.0 Å². The van der Waals surface area contributed by atoms with Crippen molar-refractivity contribution in [3.63, 3.8) is 0 Å². The first-order valence-corrected chi connectivity index (χ1v) is 14.2. The summed E-state index contributed by atoms with van der Waals surface area (Å²) >= 11 is 0. The number of hydrogen-bond acceptors (Lipinski definition) is 2. The molecule has 2 nitrogen and oxygen atoms in total. The van der Waals surface area contributed by atoms with Crippen LogP contribution in [0.4, 0.5) is 0 Å². The van der Waals surface area contributed by atoms with Gasteiger partial charge in [0, 0.05) is 18.9 Å². The van der Waals surface area contributed by atoms with Crippen LogP contribution in [0.25, 0.3) is 0 Å². The SMILES string of the molecule is CC1=C(O[Si](C)(C)C)CC[C@@H]1CO[Si](C)(C)C(C)(C)C. The molecule has 0 spiro atoms. The van der Waals surface area contributed by atoms with E-state index in [4.69, 9.17) is 8.85 Å². The van der Waals surface area contributed by atoms with Crippen molar-refractivity contribution >= 4 is 16.6 Å². The van der Waals surface area contributed by atoms with Crippen LogP contribution < -0.4 is 0 Å². The Morgan fingerprint density at radius 1 is 1.10 bits per heavy atom. The van der Waals surface area contributed by atoms with Crippen molar-refractivity contribution in [3.05, 3.63) is 11.3 Å². The summed E-state index contributed by atoms with van der Waals surface area (Å²) in [7, 11) is -3.10. The molecule has 0 saturated heterocycles. The van der Waals surface area contributed by atoms with Gasteiger partial charge in [-0.25, -0.2) is 0 Å². The Kier molecular flexibility index (Phi) is 5.37. The smallest absolute Gasteiger partial charge is 0.241 e. The van der Waals surface area contributed by atoms with Gasteiger partial charge in [0.1, 0.15) is 0 Å². The zero-order valence-electron chi connectivity index (χ0n) is 15.0. The quantitative estimate of drug-likeness (QED) is 0.620. The van der Waals surface area contributed by atoms with Crippen molar-refractivity contribution < 1.29 is 8.85 Å². The molecular weight excluding hydrogens is 280 g/mol. The summed E-state index contributed by atoms with van der Waals surface area (Å²) < 4.78 is 12.6. The molecule has 0 amide bonds. The molecule has 0 aromatic carbocycles. The summed E-state index contributed by atoms with van der Waals surface area (Å²) in [6, 6.07) is 0. The summed E-state index contributed by atoms with van der Waals surface area (Å²) in [4.78, 5) is 0. The van der Waals surface area contributed by atoms with Crippen LogP contribution in [-0.2, 0) is 8.85 Å². The molecule has 1 aliphatic rings. The van der Waals surface area contributed by atoms with E-state index in [1.165, 1.54) is 17.8 Å². The Morgan fingerprint density at radius 2 is 1.65 bits per heavy atom. The second kappa shape index (κ2) is 5.97. The molecule has 1 aliphatic carbocycles. The Labute approximate surface area is 128 Å². The molecule has 0 fully saturated rings. The lowest BCUT2D eigenvalue weighted by Crippen LogP contribution is -2.41. The molecule has 1 atom stereocenters. The number of allylic oxidation sites excluding steroid dienone is 1. The molecule has 20 heavy (non-hydrogen) atoms. The van der Waals surface area contributed by atoms with Crippen LogP contribution in [-0.4, -0.2) is 23.2 Å². The zero-order valence-corrected chi connectivity index (χ0v) is 17.0. The maximum absolute atomic E-state index is 6.39. The first-order valence-electron chi connectivity index (χ1n) is 7.86. The van der Waals surface area contributed by atoms with E-state index in [1.807, 2.05) is 0 Å². The van der Waals surface area contributed by atoms with Gasteiger partial charge in [-0.2, -0.15) is 0 Å². The van der Waals surface area contributed by atoms with Crippen LogP contribution in [0, 0.1) is 5.92 Å². The van der Waals surface area contributed by atoms with Crippen LogP contribution in [0.15, 0.2) is 11.3 Å². The minimum atomic E-state index is -1.63. The van der Waals surface area contributed by atoms with Gasteiger partial charge in [0.25, 0.3) is 0 Å². The van der Waals surface area contributed by atoms with E-state index in [9.17, 15) is 0 Å². The predicted molar refractivity (Wildman–Crippen MR) is 93.0 cm³/mol. The fraction of sp³-hybridized carbons (Fsp3) is 0.875. The molecule has 0 radical (unpaired) electrons. The Hall–Kier alpha value is -0.0662. The van der Waals surface area contributed by atoms with Crippen LogP contribution in [0.2, 0.25) is 37.8 Å². The van der Waals surface area contributed by atoms with Crippen LogP contribution >= 0.6 is 0 Å². The lowest BCUT2D eigenvalue weighted by molar-refractivity contribution is 0.245. The second-order valence-electron chi connectivity index (χ2n) is 8.63. The molecule has 4 heteroatoms. The average Bonchev–Trinajstić information content (AvgIpc) is 2.54. The van der Waals surface area contributed by atoms with Crippen molar-refractivity contribution in [1.29, 1.82) is 0 Å². The highest BCUT2D eigenvalue weighted by molar-refractivity contribution is 6.74. The van der Waals surface area contributed by atoms with Crippen LogP contribution in [0.5, 0.6) is 0 Å². The van der Waals surface area contributed by atoms with E-state index in [1.54, 1.807) is 0 Å². The fourth-order valence-electron chi connectivity index (χ4n) is 2.18. The highest BCUT2D eigenvalue weighted by Gasteiger charge is 2.38. The van der Waals surface area contributed by atoms with E-state index < -0.39 is 16.6 Å². The first-order chi connectivity index (χ1) is 8.83. The predicted octanol–water partition coefficient (Wildman–Crippen LogP) is 5.54. The monoisotopic (exact) mass is 314 g/mol. The highest BCUT2D eigenvalue weighted by atomic mass is 28.4. The Morgan fingerprint density at radius 3 is 2.10 bits per heavy atom. The molecule has 0 bridgehead atoms. The van der Waals surface area contributed by atoms with Crippen LogP contribution in [0.3, 0.4) is 0 Å². The summed E-state index contributed by atoms with van der Waals surface area (Å²) in [6.07, 6.45) is 2.29. The van der Waals surface area contributed by atoms with Crippen molar-refractivity contribution in [2.45, 2.75) is 78.3 Å². The highest BCUT2D eigenvalue weighted by Crippen LogP contribution is 2.39. The lowest BCUT2D eigenvalue weighted by Gasteiger charge is -2.37. The molecule has 0 aliphatic heterocycles. The van der Waals surface area contributed by atoms with E-state index in [0.717, 1.165) is 13.0 Å². The third-order valence-electron chi connectivity index (χ3n) is 4.65. The van der Waals surface area contributed by atoms with Gasteiger partial charge in [-0.05, 0) is 56.7 Å². The minimum Gasteiger partial charge on any atom is -0.547 e. The van der Waals surface area contributed by atoms with E-state index in [-0.39, 0.29) is 0 Å². The Balaban J connectivity index is 2.64. The molecule has 0 unspecified atom stereocenters. The number of hydrogen-bond donors (Lipinski definition) is 0. The van der Waals surface area contributed by atoms with Gasteiger partial charge in [-0.1, -0.05) is 20.8 Å². The van der Waals surface area contributed by atoms with Gasteiger partial charge in [-0.15, -0.1) is 0 Å². The van der Waals surface area contributed by atoms with Gasteiger partial charge >= 0.3 is 0 Å². The van der Waals surface area contributed by atoms with Crippen molar-refractivity contribution in [1.82, 2.24) is 0 Å². The van der Waals surface area contributed by atoms with Crippen molar-refractivity contribution in [3.8, 4) is 0 Å². The van der Waals surface area contributed by atoms with Gasteiger partial charge in [0.15, 0.2) is 8.32 Å². The fourth-order valence-corrected chi connectivity index (χ4v) is 4.23. The minimum absolute atomic E-state index is 0.293. The number of rotatable bonds is 5. The third-order valence-corrected chi connectivity index (χ3v) is 10.0. The van der Waals surface area contributed by atoms with Gasteiger partial charge in [0.2, 0.25) is 8.32 Å². The first kappa shape index (κ1) is 18.0. The standard InChI is InChI=1S/C16H34O2Si2/c1-13-14(10-11-15(13)18-19(5,6)7)12-17-20(8,9)16(2,3)4/h14H,10-12H2,1-9H3/t14-/m1/s1. The van der Waals surface area contributed by atoms with Crippen molar-refractivity contribution in [2.75, 3.05) is 6.61 Å². The summed E-state index contributed by atoms with van der Waals surface area (Å²) in [5.74, 6) is 1.82. The van der Waals surface area contributed by atoms with Crippen molar-refractivity contribution in [2.24, 2.45) is 5.92 Å². The average molecular weight is 315 g/mol. The zero-order chi connectivity index (χ0) is 15.8. The molecule has 118 valence electrons. The molecule has 0 aromatic heterocycles. The molecule has 0 N–H and O–H groups in total. The summed E-state index contributed by atoms with van der Waals surface area (Å²) in [5, 5.41) is 0.293. The third kappa shape index (κ3) is 4.74. The maximum atomic E-state index is 6.39. The molecule has 0 heterocycles.